The zero-order valence-electron chi connectivity index (χ0n) is 16.6. The second kappa shape index (κ2) is 9.49. The average molecular weight is 400 g/mol. The maximum Gasteiger partial charge on any atom is 0.328 e. The SMILES string of the molecule is COC(=O)[C@@H](NC(=O)Nc1nc(C)cc(Oc2ccc(C(=N)N)cc2)n1)C(C)C. The molecule has 1 atom stereocenters. The Labute approximate surface area is 168 Å². The van der Waals surface area contributed by atoms with E-state index in [9.17, 15) is 9.59 Å². The number of carbonyl (C=O) groups excluding carboxylic acids is 2. The molecule has 10 nitrogen and oxygen atoms in total. The Hall–Kier alpha value is -3.69. The molecule has 1 aromatic carbocycles. The van der Waals surface area contributed by atoms with Gasteiger partial charge in [-0.2, -0.15) is 4.98 Å². The third-order valence-electron chi connectivity index (χ3n) is 3.85. The molecule has 5 N–H and O–H groups in total. The summed E-state index contributed by atoms with van der Waals surface area (Å²) in [5, 5.41) is 12.4. The van der Waals surface area contributed by atoms with Crippen molar-refractivity contribution in [2.75, 3.05) is 12.4 Å². The Bertz CT molecular complexity index is 898. The number of nitrogens with zero attached hydrogens (tertiary/aromatic N) is 2. The predicted octanol–water partition coefficient (Wildman–Crippen LogP) is 2.18. The number of esters is 1. The third-order valence-corrected chi connectivity index (χ3v) is 3.85. The van der Waals surface area contributed by atoms with Crippen LogP contribution in [0.3, 0.4) is 0 Å². The van der Waals surface area contributed by atoms with Crippen molar-refractivity contribution in [1.29, 1.82) is 5.41 Å². The summed E-state index contributed by atoms with van der Waals surface area (Å²) in [4.78, 5) is 32.3. The van der Waals surface area contributed by atoms with Gasteiger partial charge >= 0.3 is 12.0 Å². The van der Waals surface area contributed by atoms with Crippen molar-refractivity contribution < 1.29 is 19.1 Å². The van der Waals surface area contributed by atoms with Gasteiger partial charge in [0.25, 0.3) is 0 Å². The van der Waals surface area contributed by atoms with Crippen LogP contribution in [0.4, 0.5) is 10.7 Å². The number of rotatable bonds is 7. The van der Waals surface area contributed by atoms with Gasteiger partial charge in [-0.1, -0.05) is 13.8 Å². The number of aromatic nitrogens is 2. The van der Waals surface area contributed by atoms with E-state index in [1.165, 1.54) is 7.11 Å². The Morgan fingerprint density at radius 1 is 1.17 bits per heavy atom. The van der Waals surface area contributed by atoms with E-state index in [1.54, 1.807) is 51.1 Å². The van der Waals surface area contributed by atoms with Crippen molar-refractivity contribution in [3.63, 3.8) is 0 Å². The summed E-state index contributed by atoms with van der Waals surface area (Å²) < 4.78 is 10.4. The highest BCUT2D eigenvalue weighted by Gasteiger charge is 2.25. The fourth-order valence-corrected chi connectivity index (χ4v) is 2.37. The second-order valence-electron chi connectivity index (χ2n) is 6.55. The van der Waals surface area contributed by atoms with E-state index in [2.05, 4.69) is 20.6 Å². The summed E-state index contributed by atoms with van der Waals surface area (Å²) in [5.41, 5.74) is 6.57. The van der Waals surface area contributed by atoms with Crippen LogP contribution in [0, 0.1) is 18.3 Å². The summed E-state index contributed by atoms with van der Waals surface area (Å²) in [6, 6.07) is 6.76. The van der Waals surface area contributed by atoms with Crippen molar-refractivity contribution in [3.8, 4) is 11.6 Å². The normalized spacial score (nSPS) is 11.5. The standard InChI is InChI=1S/C19H24N6O4/c1-10(2)15(17(26)28-4)24-19(27)25-18-22-11(3)9-14(23-18)29-13-7-5-12(6-8-13)16(20)21/h5-10,15H,1-4H3,(H3,20,21)(H2,22,23,24,25,27)/t15-/m0/s1. The molecule has 0 spiro atoms. The number of carbonyl (C=O) groups is 2. The number of nitrogens with one attached hydrogen (secondary N) is 3. The zero-order chi connectivity index (χ0) is 21.6. The van der Waals surface area contributed by atoms with E-state index >= 15 is 0 Å². The smallest absolute Gasteiger partial charge is 0.328 e. The molecule has 1 aromatic heterocycles. The summed E-state index contributed by atoms with van der Waals surface area (Å²) in [6.07, 6.45) is 0. The molecule has 0 aliphatic rings. The van der Waals surface area contributed by atoms with Crippen molar-refractivity contribution in [1.82, 2.24) is 15.3 Å². The Morgan fingerprint density at radius 2 is 1.83 bits per heavy atom. The van der Waals surface area contributed by atoms with Crippen molar-refractivity contribution in [3.05, 3.63) is 41.6 Å². The van der Waals surface area contributed by atoms with Crippen LogP contribution in [0.5, 0.6) is 11.6 Å². The molecule has 10 heteroatoms. The van der Waals surface area contributed by atoms with Crippen molar-refractivity contribution in [2.24, 2.45) is 11.7 Å². The monoisotopic (exact) mass is 400 g/mol. The first-order chi connectivity index (χ1) is 13.7. The van der Waals surface area contributed by atoms with Gasteiger partial charge in [0.05, 0.1) is 7.11 Å². The van der Waals surface area contributed by atoms with Crippen LogP contribution in [0.2, 0.25) is 0 Å². The molecule has 0 bridgehead atoms. The molecule has 0 fully saturated rings. The summed E-state index contributed by atoms with van der Waals surface area (Å²) in [6.45, 7) is 5.30. The molecule has 154 valence electrons. The quantitative estimate of drug-likeness (QED) is 0.316. The van der Waals surface area contributed by atoms with Crippen LogP contribution in [0.15, 0.2) is 30.3 Å². The third kappa shape index (κ3) is 6.16. The molecule has 0 aliphatic carbocycles. The molecule has 0 unspecified atom stereocenters. The van der Waals surface area contributed by atoms with Gasteiger partial charge in [-0.3, -0.25) is 10.7 Å². The number of benzene rings is 1. The number of aryl methyl sites for hydroxylation is 1. The molecule has 0 radical (unpaired) electrons. The zero-order valence-corrected chi connectivity index (χ0v) is 16.6. The van der Waals surface area contributed by atoms with Gasteiger partial charge in [-0.15, -0.1) is 0 Å². The van der Waals surface area contributed by atoms with Crippen LogP contribution in [0.1, 0.15) is 25.1 Å². The van der Waals surface area contributed by atoms with Crippen LogP contribution >= 0.6 is 0 Å². The number of nitrogen functional groups attached to an aromatic ring is 1. The number of amidine groups is 1. The highest BCUT2D eigenvalue weighted by atomic mass is 16.5. The first-order valence-corrected chi connectivity index (χ1v) is 8.83. The molecule has 2 amide bonds. The highest BCUT2D eigenvalue weighted by Crippen LogP contribution is 2.21. The van der Waals surface area contributed by atoms with Crippen LogP contribution < -0.4 is 21.1 Å². The van der Waals surface area contributed by atoms with Gasteiger partial charge in [0.1, 0.15) is 17.6 Å². The molecule has 2 aromatic rings. The van der Waals surface area contributed by atoms with E-state index < -0.39 is 18.0 Å². The number of anilines is 1. The minimum atomic E-state index is -0.805. The van der Waals surface area contributed by atoms with Crippen molar-refractivity contribution >= 4 is 23.8 Å². The number of hydrogen-bond donors (Lipinski definition) is 4. The Balaban J connectivity index is 2.10. The maximum absolute atomic E-state index is 12.2. The maximum atomic E-state index is 12.2. The Morgan fingerprint density at radius 3 is 2.38 bits per heavy atom. The fourth-order valence-electron chi connectivity index (χ4n) is 2.37. The minimum absolute atomic E-state index is 0.0187. The second-order valence-corrected chi connectivity index (χ2v) is 6.55. The number of methoxy groups -OCH3 is 1. The molecule has 2 rings (SSSR count). The van der Waals surface area contributed by atoms with E-state index in [0.717, 1.165) is 0 Å². The number of hydrogen-bond acceptors (Lipinski definition) is 7. The molecule has 0 aliphatic heterocycles. The number of nitrogens with two attached hydrogens (primary N) is 1. The number of amides is 2. The van der Waals surface area contributed by atoms with Gasteiger partial charge in [-0.05, 0) is 37.1 Å². The van der Waals surface area contributed by atoms with Gasteiger partial charge in [-0.25, -0.2) is 14.6 Å². The number of urea groups is 1. The van der Waals surface area contributed by atoms with Crippen LogP contribution in [-0.2, 0) is 9.53 Å². The molecular formula is C19H24N6O4. The van der Waals surface area contributed by atoms with Gasteiger partial charge in [0, 0.05) is 17.3 Å². The summed E-state index contributed by atoms with van der Waals surface area (Å²) in [7, 11) is 1.26. The van der Waals surface area contributed by atoms with Crippen LogP contribution in [0.25, 0.3) is 0 Å². The molecule has 0 saturated heterocycles. The van der Waals surface area contributed by atoms with E-state index in [0.29, 0.717) is 17.0 Å². The topological polar surface area (TPSA) is 152 Å². The lowest BCUT2D eigenvalue weighted by Crippen LogP contribution is -2.46. The first kappa shape index (κ1) is 21.6. The van der Waals surface area contributed by atoms with Gasteiger partial charge in [0.2, 0.25) is 11.8 Å². The lowest BCUT2D eigenvalue weighted by Gasteiger charge is -2.19. The van der Waals surface area contributed by atoms with Gasteiger partial charge < -0.3 is 20.5 Å². The highest BCUT2D eigenvalue weighted by molar-refractivity contribution is 5.95. The first-order valence-electron chi connectivity index (χ1n) is 8.83. The lowest BCUT2D eigenvalue weighted by molar-refractivity contribution is -0.143. The fraction of sp³-hybridized carbons (Fsp3) is 0.316. The van der Waals surface area contributed by atoms with E-state index in [4.69, 9.17) is 20.6 Å². The predicted molar refractivity (Wildman–Crippen MR) is 107 cm³/mol. The van der Waals surface area contributed by atoms with Crippen LogP contribution in [-0.4, -0.2) is 41.0 Å². The average Bonchev–Trinajstić information content (AvgIpc) is 2.65. The summed E-state index contributed by atoms with van der Waals surface area (Å²) >= 11 is 0. The lowest BCUT2D eigenvalue weighted by atomic mass is 10.1. The Kier molecular flexibility index (Phi) is 7.07. The molecular weight excluding hydrogens is 376 g/mol. The molecule has 1 heterocycles. The van der Waals surface area contributed by atoms with Gasteiger partial charge in [0.15, 0.2) is 0 Å². The largest absolute Gasteiger partial charge is 0.467 e. The summed E-state index contributed by atoms with van der Waals surface area (Å²) in [5.74, 6) is -0.0310. The van der Waals surface area contributed by atoms with E-state index in [-0.39, 0.29) is 23.6 Å². The minimum Gasteiger partial charge on any atom is -0.467 e. The van der Waals surface area contributed by atoms with E-state index in [1.807, 2.05) is 0 Å². The molecule has 0 saturated carbocycles. The number of ether oxygens (including phenoxy) is 2. The molecule has 29 heavy (non-hydrogen) atoms. The van der Waals surface area contributed by atoms with Crippen molar-refractivity contribution in [2.45, 2.75) is 26.8 Å².